The lowest BCUT2D eigenvalue weighted by Crippen LogP contribution is -2.21. The molecular formula is C8H8F3NO4S. The van der Waals surface area contributed by atoms with E-state index < -0.39 is 27.8 Å². The van der Waals surface area contributed by atoms with E-state index in [1.54, 1.807) is 0 Å². The Hall–Kier alpha value is -1.48. The molecule has 1 aromatic rings. The van der Waals surface area contributed by atoms with E-state index in [9.17, 15) is 21.6 Å². The van der Waals surface area contributed by atoms with Gasteiger partial charge in [-0.25, -0.2) is 0 Å². The molecule has 0 atom stereocenters. The van der Waals surface area contributed by atoms with Crippen LogP contribution in [0.15, 0.2) is 18.2 Å². The minimum atomic E-state index is -4.78. The SMILES string of the molecule is COc1ccc(OS(N)(=O)=O)c(C(F)(F)F)c1. The lowest BCUT2D eigenvalue weighted by atomic mass is 10.2. The number of nitrogens with two attached hydrogens (primary N) is 1. The highest BCUT2D eigenvalue weighted by Crippen LogP contribution is 2.38. The molecule has 0 saturated carbocycles. The molecule has 0 saturated heterocycles. The van der Waals surface area contributed by atoms with Crippen LogP contribution in [-0.4, -0.2) is 15.5 Å². The highest BCUT2D eigenvalue weighted by molar-refractivity contribution is 7.84. The van der Waals surface area contributed by atoms with E-state index in [4.69, 9.17) is 0 Å². The highest BCUT2D eigenvalue weighted by atomic mass is 32.2. The van der Waals surface area contributed by atoms with Gasteiger partial charge >= 0.3 is 16.5 Å². The molecule has 0 aromatic heterocycles. The van der Waals surface area contributed by atoms with Crippen LogP contribution in [0.3, 0.4) is 0 Å². The number of methoxy groups -OCH3 is 1. The third-order valence-corrected chi connectivity index (χ3v) is 2.11. The largest absolute Gasteiger partial charge is 0.497 e. The molecule has 0 aliphatic rings. The summed E-state index contributed by atoms with van der Waals surface area (Å²) in [5, 5.41) is 4.50. The van der Waals surface area contributed by atoms with Gasteiger partial charge in [-0.2, -0.15) is 26.7 Å². The molecule has 0 heterocycles. The fourth-order valence-electron chi connectivity index (χ4n) is 1.06. The number of benzene rings is 1. The van der Waals surface area contributed by atoms with Gasteiger partial charge in [0.1, 0.15) is 11.3 Å². The van der Waals surface area contributed by atoms with Crippen LogP contribution in [0.1, 0.15) is 5.56 Å². The van der Waals surface area contributed by atoms with Crippen LogP contribution in [0, 0.1) is 0 Å². The van der Waals surface area contributed by atoms with Crippen LogP contribution >= 0.6 is 0 Å². The molecule has 0 bridgehead atoms. The Morgan fingerprint density at radius 2 is 1.88 bits per heavy atom. The van der Waals surface area contributed by atoms with Crippen molar-refractivity contribution in [1.82, 2.24) is 0 Å². The molecule has 96 valence electrons. The minimum absolute atomic E-state index is 0.0842. The summed E-state index contributed by atoms with van der Waals surface area (Å²) in [6.45, 7) is 0. The van der Waals surface area contributed by atoms with Gasteiger partial charge in [0.05, 0.1) is 7.11 Å². The van der Waals surface area contributed by atoms with Gasteiger partial charge in [0.15, 0.2) is 5.75 Å². The van der Waals surface area contributed by atoms with Crippen LogP contribution in [0.2, 0.25) is 0 Å². The molecule has 0 aliphatic heterocycles. The molecule has 0 amide bonds. The minimum Gasteiger partial charge on any atom is -0.497 e. The average molecular weight is 271 g/mol. The maximum Gasteiger partial charge on any atom is 0.420 e. The maximum absolute atomic E-state index is 12.6. The second-order valence-corrected chi connectivity index (χ2v) is 4.09. The van der Waals surface area contributed by atoms with Gasteiger partial charge in [0, 0.05) is 0 Å². The average Bonchev–Trinajstić information content (AvgIpc) is 2.14. The van der Waals surface area contributed by atoms with Gasteiger partial charge in [-0.1, -0.05) is 0 Å². The van der Waals surface area contributed by atoms with Crippen molar-refractivity contribution in [2.75, 3.05) is 7.11 Å². The third-order valence-electron chi connectivity index (χ3n) is 1.70. The quantitative estimate of drug-likeness (QED) is 0.898. The van der Waals surface area contributed by atoms with E-state index in [0.29, 0.717) is 6.07 Å². The lowest BCUT2D eigenvalue weighted by molar-refractivity contribution is -0.138. The van der Waals surface area contributed by atoms with Gasteiger partial charge in [0.2, 0.25) is 0 Å². The first-order chi connectivity index (χ1) is 7.63. The van der Waals surface area contributed by atoms with E-state index in [1.807, 2.05) is 0 Å². The van der Waals surface area contributed by atoms with E-state index in [2.05, 4.69) is 14.1 Å². The molecule has 0 unspecified atom stereocenters. The van der Waals surface area contributed by atoms with Crippen molar-refractivity contribution >= 4 is 10.3 Å². The summed E-state index contributed by atoms with van der Waals surface area (Å²) in [6.07, 6.45) is -4.78. The Kier molecular flexibility index (Phi) is 3.53. The van der Waals surface area contributed by atoms with Crippen molar-refractivity contribution in [2.45, 2.75) is 6.18 Å². The summed E-state index contributed by atoms with van der Waals surface area (Å²) in [6, 6.07) is 2.54. The first kappa shape index (κ1) is 13.6. The first-order valence-electron chi connectivity index (χ1n) is 4.11. The van der Waals surface area contributed by atoms with E-state index in [1.165, 1.54) is 7.11 Å². The lowest BCUT2D eigenvalue weighted by Gasteiger charge is -2.13. The van der Waals surface area contributed by atoms with E-state index in [0.717, 1.165) is 12.1 Å². The Labute approximate surface area is 95.2 Å². The summed E-state index contributed by atoms with van der Waals surface area (Å²) < 4.78 is 67.5. The Morgan fingerprint density at radius 1 is 1.29 bits per heavy atom. The fraction of sp³-hybridized carbons (Fsp3) is 0.250. The zero-order valence-electron chi connectivity index (χ0n) is 8.48. The van der Waals surface area contributed by atoms with Crippen LogP contribution in [-0.2, 0) is 16.5 Å². The molecule has 2 N–H and O–H groups in total. The Morgan fingerprint density at radius 3 is 2.29 bits per heavy atom. The van der Waals surface area contributed by atoms with Crippen LogP contribution in [0.25, 0.3) is 0 Å². The van der Waals surface area contributed by atoms with Gasteiger partial charge in [-0.3, -0.25) is 0 Å². The predicted octanol–water partition coefficient (Wildman–Crippen LogP) is 1.30. The second kappa shape index (κ2) is 4.41. The second-order valence-electron chi connectivity index (χ2n) is 2.94. The van der Waals surface area contributed by atoms with Crippen LogP contribution in [0.5, 0.6) is 11.5 Å². The molecule has 0 fully saturated rings. The summed E-state index contributed by atoms with van der Waals surface area (Å²) in [7, 11) is -3.34. The van der Waals surface area contributed by atoms with Crippen molar-refractivity contribution < 1.29 is 30.5 Å². The summed E-state index contributed by atoms with van der Waals surface area (Å²) in [5.41, 5.74) is -1.29. The van der Waals surface area contributed by atoms with Gasteiger partial charge < -0.3 is 8.92 Å². The standard InChI is InChI=1S/C8H8F3NO4S/c1-15-5-2-3-7(16-17(12,13)14)6(4-5)8(9,10)11/h2-4H,1H3,(H2,12,13,14). The molecule has 17 heavy (non-hydrogen) atoms. The summed E-state index contributed by atoms with van der Waals surface area (Å²) in [5.74, 6) is -0.986. The molecule has 0 radical (unpaired) electrons. The third kappa shape index (κ3) is 3.79. The van der Waals surface area contributed by atoms with Crippen molar-refractivity contribution in [1.29, 1.82) is 0 Å². The van der Waals surface area contributed by atoms with Crippen molar-refractivity contribution in [3.63, 3.8) is 0 Å². The van der Waals surface area contributed by atoms with Gasteiger partial charge in [-0.05, 0) is 18.2 Å². The predicted molar refractivity (Wildman–Crippen MR) is 51.7 cm³/mol. The Balaban J connectivity index is 3.30. The molecule has 0 spiro atoms. The Bertz CT molecular complexity index is 512. The summed E-state index contributed by atoms with van der Waals surface area (Å²) in [4.78, 5) is 0. The number of hydrogen-bond donors (Lipinski definition) is 1. The molecule has 0 aliphatic carbocycles. The molecule has 1 rings (SSSR count). The van der Waals surface area contributed by atoms with Crippen molar-refractivity contribution in [2.24, 2.45) is 5.14 Å². The zero-order chi connectivity index (χ0) is 13.3. The number of hydrogen-bond acceptors (Lipinski definition) is 4. The zero-order valence-corrected chi connectivity index (χ0v) is 9.30. The maximum atomic E-state index is 12.6. The van der Waals surface area contributed by atoms with E-state index in [-0.39, 0.29) is 5.75 Å². The molecular weight excluding hydrogens is 263 g/mol. The monoisotopic (exact) mass is 271 g/mol. The molecule has 9 heteroatoms. The van der Waals surface area contributed by atoms with Gasteiger partial charge in [-0.15, -0.1) is 0 Å². The molecule has 1 aromatic carbocycles. The number of halogens is 3. The highest BCUT2D eigenvalue weighted by Gasteiger charge is 2.35. The number of ether oxygens (including phenoxy) is 1. The van der Waals surface area contributed by atoms with Crippen molar-refractivity contribution in [3.05, 3.63) is 23.8 Å². The topological polar surface area (TPSA) is 78.6 Å². The number of rotatable bonds is 3. The summed E-state index contributed by atoms with van der Waals surface area (Å²) >= 11 is 0. The normalized spacial score (nSPS) is 12.3. The van der Waals surface area contributed by atoms with E-state index >= 15 is 0 Å². The first-order valence-corrected chi connectivity index (χ1v) is 5.58. The fourth-order valence-corrected chi connectivity index (χ4v) is 1.45. The van der Waals surface area contributed by atoms with Crippen LogP contribution in [0.4, 0.5) is 13.2 Å². The smallest absolute Gasteiger partial charge is 0.420 e. The molecule has 5 nitrogen and oxygen atoms in total. The number of alkyl halides is 3. The van der Waals surface area contributed by atoms with Crippen LogP contribution < -0.4 is 14.1 Å². The van der Waals surface area contributed by atoms with Crippen molar-refractivity contribution in [3.8, 4) is 11.5 Å². The van der Waals surface area contributed by atoms with Gasteiger partial charge in [0.25, 0.3) is 0 Å².